The molecule has 1 aromatic carbocycles. The smallest absolute Gasteiger partial charge is 0.265 e. The summed E-state index contributed by atoms with van der Waals surface area (Å²) >= 11 is 5.22. The third kappa shape index (κ3) is 4.76. The fourth-order valence-electron chi connectivity index (χ4n) is 2.64. The Morgan fingerprint density at radius 3 is 2.79 bits per heavy atom. The van der Waals surface area contributed by atoms with Crippen LogP contribution in [0.25, 0.3) is 0 Å². The zero-order valence-corrected chi connectivity index (χ0v) is 17.0. The monoisotopic (exact) mass is 415 g/mol. The molecule has 1 aliphatic carbocycles. The zero-order chi connectivity index (χ0) is 20.0. The molecule has 1 N–H and O–H groups in total. The van der Waals surface area contributed by atoms with Gasteiger partial charge in [-0.2, -0.15) is 0 Å². The Kier molecular flexibility index (Phi) is 6.43. The third-order valence-electron chi connectivity index (χ3n) is 4.16. The summed E-state index contributed by atoms with van der Waals surface area (Å²) in [7, 11) is -2.20. The molecule has 1 aliphatic rings. The maximum atomic E-state index is 12.9. The summed E-state index contributed by atoms with van der Waals surface area (Å²) in [4.78, 5) is 4.55. The predicted octanol–water partition coefficient (Wildman–Crippen LogP) is 3.55. The number of benzene rings is 1. The molecule has 0 saturated heterocycles. The Labute approximate surface area is 170 Å². The van der Waals surface area contributed by atoms with Crippen LogP contribution in [0.3, 0.4) is 0 Å². The van der Waals surface area contributed by atoms with Gasteiger partial charge in [0.2, 0.25) is 0 Å². The van der Waals surface area contributed by atoms with E-state index in [1.54, 1.807) is 48.8 Å². The Balaban J connectivity index is 1.64. The molecule has 0 amide bonds. The van der Waals surface area contributed by atoms with Crippen LogP contribution in [0.5, 0.6) is 5.75 Å². The van der Waals surface area contributed by atoms with Crippen molar-refractivity contribution in [1.82, 2.24) is 4.98 Å². The predicted molar refractivity (Wildman–Crippen MR) is 116 cm³/mol. The van der Waals surface area contributed by atoms with Crippen molar-refractivity contribution in [3.05, 3.63) is 71.9 Å². The minimum Gasteiger partial charge on any atom is -0.492 e. The quantitative estimate of drug-likeness (QED) is 0.525. The van der Waals surface area contributed by atoms with Crippen LogP contribution in [0.4, 0.5) is 11.4 Å². The highest BCUT2D eigenvalue weighted by Crippen LogP contribution is 2.27. The number of hydrogen-bond acceptors (Lipinski definition) is 6. The van der Waals surface area contributed by atoms with Gasteiger partial charge in [-0.15, -0.1) is 0 Å². The Morgan fingerprint density at radius 2 is 2.04 bits per heavy atom. The maximum Gasteiger partial charge on any atom is 0.265 e. The molecular weight excluding hydrogens is 394 g/mol. The summed E-state index contributed by atoms with van der Waals surface area (Å²) in [6.07, 6.45) is 8.99. The van der Waals surface area contributed by atoms with E-state index in [1.165, 1.54) is 11.4 Å². The largest absolute Gasteiger partial charge is 0.492 e. The summed E-state index contributed by atoms with van der Waals surface area (Å²) in [5.41, 5.74) is 1.47. The number of hydrogen-bond donors (Lipinski definition) is 1. The number of sulfonamides is 1. The van der Waals surface area contributed by atoms with Gasteiger partial charge in [0.05, 0.1) is 5.69 Å². The standard InChI is InChI=1S/C20H21N3O3S2/c1-23(28(24,25)20-8-3-2-7-19(20)27)17-5-4-6-18(15-17)26-14-13-22-16-9-11-21-12-10-16/h2-6,8-12,15H,7,13-14H2,1H3,(H,21,22). The van der Waals surface area contributed by atoms with Crippen LogP contribution in [-0.4, -0.2) is 38.5 Å². The van der Waals surface area contributed by atoms with Gasteiger partial charge in [0.25, 0.3) is 10.0 Å². The molecule has 0 saturated carbocycles. The first-order chi connectivity index (χ1) is 13.5. The highest BCUT2D eigenvalue weighted by molar-refractivity contribution is 7.99. The number of nitrogens with one attached hydrogen (secondary N) is 1. The van der Waals surface area contributed by atoms with Crippen molar-refractivity contribution in [2.24, 2.45) is 0 Å². The minimum absolute atomic E-state index is 0.167. The molecule has 1 heterocycles. The van der Waals surface area contributed by atoms with Gasteiger partial charge >= 0.3 is 0 Å². The van der Waals surface area contributed by atoms with Crippen LogP contribution >= 0.6 is 12.2 Å². The highest BCUT2D eigenvalue weighted by atomic mass is 32.2. The number of rotatable bonds is 8. The van der Waals surface area contributed by atoms with E-state index in [4.69, 9.17) is 17.0 Å². The van der Waals surface area contributed by atoms with E-state index in [0.29, 0.717) is 35.9 Å². The molecule has 0 fully saturated rings. The Hall–Kier alpha value is -2.71. The summed E-state index contributed by atoms with van der Waals surface area (Å²) in [6, 6.07) is 10.7. The molecule has 0 aliphatic heterocycles. The maximum absolute atomic E-state index is 12.9. The number of pyridine rings is 1. The van der Waals surface area contributed by atoms with Crippen LogP contribution in [-0.2, 0) is 10.0 Å². The number of anilines is 2. The second kappa shape index (κ2) is 8.99. The van der Waals surface area contributed by atoms with E-state index in [9.17, 15) is 8.42 Å². The number of allylic oxidation sites excluding steroid dienone is 4. The van der Waals surface area contributed by atoms with Gasteiger partial charge in [0.15, 0.2) is 0 Å². The zero-order valence-electron chi connectivity index (χ0n) is 15.4. The number of thiocarbonyl (C=S) groups is 1. The van der Waals surface area contributed by atoms with E-state index in [-0.39, 0.29) is 4.91 Å². The molecule has 146 valence electrons. The van der Waals surface area contributed by atoms with E-state index in [1.807, 2.05) is 18.2 Å². The van der Waals surface area contributed by atoms with E-state index in [0.717, 1.165) is 5.69 Å². The molecule has 0 unspecified atom stereocenters. The third-order valence-corrected chi connectivity index (χ3v) is 6.55. The molecule has 0 atom stereocenters. The van der Waals surface area contributed by atoms with Gasteiger partial charge in [-0.05, 0) is 30.3 Å². The van der Waals surface area contributed by atoms with E-state index in [2.05, 4.69) is 10.3 Å². The molecule has 2 aromatic rings. The van der Waals surface area contributed by atoms with Crippen LogP contribution < -0.4 is 14.4 Å². The average Bonchev–Trinajstić information content (AvgIpc) is 2.72. The molecule has 1 aromatic heterocycles. The van der Waals surface area contributed by atoms with Crippen molar-refractivity contribution < 1.29 is 13.2 Å². The topological polar surface area (TPSA) is 71.5 Å². The molecule has 6 nitrogen and oxygen atoms in total. The molecule has 28 heavy (non-hydrogen) atoms. The normalized spacial score (nSPS) is 13.8. The van der Waals surface area contributed by atoms with Crippen molar-refractivity contribution >= 4 is 38.5 Å². The Bertz CT molecular complexity index is 1000. The van der Waals surface area contributed by atoms with Crippen LogP contribution in [0, 0.1) is 0 Å². The van der Waals surface area contributed by atoms with Crippen molar-refractivity contribution in [3.8, 4) is 5.75 Å². The molecule has 8 heteroatoms. The second-order valence-electron chi connectivity index (χ2n) is 6.07. The summed E-state index contributed by atoms with van der Waals surface area (Å²) < 4.78 is 32.8. The molecular formula is C20H21N3O3S2. The first-order valence-corrected chi connectivity index (χ1v) is 10.6. The van der Waals surface area contributed by atoms with E-state index < -0.39 is 10.0 Å². The fraction of sp³-hybridized carbons (Fsp3) is 0.200. The fourth-order valence-corrected chi connectivity index (χ4v) is 4.43. The lowest BCUT2D eigenvalue weighted by molar-refractivity contribution is 0.333. The lowest BCUT2D eigenvalue weighted by atomic mass is 10.2. The van der Waals surface area contributed by atoms with Gasteiger partial charge in [0, 0.05) is 49.0 Å². The van der Waals surface area contributed by atoms with Crippen molar-refractivity contribution in [3.63, 3.8) is 0 Å². The SMILES string of the molecule is CN(c1cccc(OCCNc2ccncc2)c1)S(=O)(=O)C1=CC=CCC1=S. The summed E-state index contributed by atoms with van der Waals surface area (Å²) in [6.45, 7) is 1.04. The number of aromatic nitrogens is 1. The van der Waals surface area contributed by atoms with Crippen molar-refractivity contribution in [2.75, 3.05) is 29.8 Å². The van der Waals surface area contributed by atoms with E-state index >= 15 is 0 Å². The number of nitrogens with zero attached hydrogens (tertiary/aromatic N) is 2. The average molecular weight is 416 g/mol. The second-order valence-corrected chi connectivity index (χ2v) is 8.50. The summed E-state index contributed by atoms with van der Waals surface area (Å²) in [5.74, 6) is 0.594. The van der Waals surface area contributed by atoms with Crippen LogP contribution in [0.1, 0.15) is 6.42 Å². The first-order valence-electron chi connectivity index (χ1n) is 8.74. The van der Waals surface area contributed by atoms with Gasteiger partial charge in [0.1, 0.15) is 17.3 Å². The summed E-state index contributed by atoms with van der Waals surface area (Å²) in [5, 5.41) is 3.22. The molecule has 0 spiro atoms. The van der Waals surface area contributed by atoms with Crippen LogP contribution in [0.15, 0.2) is 71.9 Å². The molecule has 0 radical (unpaired) electrons. The van der Waals surface area contributed by atoms with Crippen molar-refractivity contribution in [2.45, 2.75) is 6.42 Å². The lowest BCUT2D eigenvalue weighted by Gasteiger charge is -2.22. The molecule has 0 bridgehead atoms. The van der Waals surface area contributed by atoms with Gasteiger partial charge in [-0.25, -0.2) is 8.42 Å². The van der Waals surface area contributed by atoms with Crippen molar-refractivity contribution in [1.29, 1.82) is 0 Å². The first kappa shape index (κ1) is 20.0. The minimum atomic E-state index is -3.71. The van der Waals surface area contributed by atoms with Gasteiger partial charge < -0.3 is 10.1 Å². The van der Waals surface area contributed by atoms with Crippen LogP contribution in [0.2, 0.25) is 0 Å². The van der Waals surface area contributed by atoms with Gasteiger partial charge in [-0.3, -0.25) is 9.29 Å². The lowest BCUT2D eigenvalue weighted by Crippen LogP contribution is -2.30. The van der Waals surface area contributed by atoms with Gasteiger partial charge in [-0.1, -0.05) is 30.4 Å². The molecule has 3 rings (SSSR count). The highest BCUT2D eigenvalue weighted by Gasteiger charge is 2.27. The number of ether oxygens (including phenoxy) is 1. The Morgan fingerprint density at radius 1 is 1.25 bits per heavy atom.